The summed E-state index contributed by atoms with van der Waals surface area (Å²) in [5.74, 6) is -6.11. The molecule has 1 N–H and O–H groups in total. The van der Waals surface area contributed by atoms with Gasteiger partial charge in [0.2, 0.25) is 0 Å². The zero-order valence-corrected chi connectivity index (χ0v) is 50.2. The van der Waals surface area contributed by atoms with E-state index < -0.39 is 71.8 Å². The number of esters is 2. The van der Waals surface area contributed by atoms with Crippen molar-refractivity contribution in [2.45, 2.75) is 56.6 Å². The second kappa shape index (κ2) is 29.2. The van der Waals surface area contributed by atoms with Gasteiger partial charge in [0.05, 0.1) is 51.8 Å². The zero-order chi connectivity index (χ0) is 63.9. The second-order valence-electron chi connectivity index (χ2n) is 20.4. The number of hydrogen-bond acceptors (Lipinski definition) is 18. The van der Waals surface area contributed by atoms with Gasteiger partial charge in [0.1, 0.15) is 89.0 Å². The highest BCUT2D eigenvalue weighted by Gasteiger charge is 2.47. The normalized spacial score (nSPS) is 13.1. The molecule has 0 bridgehead atoms. The third-order valence-electron chi connectivity index (χ3n) is 14.8. The molecule has 0 spiro atoms. The monoisotopic (exact) mass is 1270 g/mol. The number of halogens is 4. The standard InChI is InChI=1S/C37H29F2N5O4S.C30H25F2N5O4S/c1-25(35-43-33(20-49-35)28-13-11-26(18-40)12-14-28)37(21-44-23-41-22-42-44,31-16-15-29(38)17-32(31)39)48-24-47-36(45)30-9-5-6-10-34(30)46-19-27-7-3-2-4-8-27;1-19(28-36-26(14-42-28)20-7-10-22(33-2)11-8-20)30(15-37-17-34-16-35-37,24-12-9-21(31)13-25(24)32)41-18-40-29(39)23-5-3-4-6-27(23)38/h2-17,20,22-23,25H,19,21,24H2,1H3;3-14,16-17,19,38H,2,15,18H2,1H3/t25-,37?;19-,30?/m00/s1. The molecule has 0 saturated carbocycles. The van der Waals surface area contributed by atoms with Gasteiger partial charge in [-0.25, -0.2) is 56.5 Å². The molecule has 0 amide bonds. The van der Waals surface area contributed by atoms with Crippen LogP contribution in [0.1, 0.15) is 78.7 Å². The van der Waals surface area contributed by atoms with E-state index in [-0.39, 0.29) is 47.7 Å². The topological polar surface area (TPSA) is 224 Å². The van der Waals surface area contributed by atoms with Gasteiger partial charge >= 0.3 is 11.9 Å². The number of hydrogen-bond donors (Lipinski definition) is 1. The smallest absolute Gasteiger partial charge is 0.344 e. The molecule has 0 aliphatic rings. The molecule has 0 aliphatic carbocycles. The lowest BCUT2D eigenvalue weighted by atomic mass is 9.81. The Kier molecular flexibility index (Phi) is 20.3. The summed E-state index contributed by atoms with van der Waals surface area (Å²) in [7, 11) is 0. The summed E-state index contributed by atoms with van der Waals surface area (Å²) in [5.41, 5.74) is 2.00. The maximum Gasteiger partial charge on any atom is 0.344 e. The largest absolute Gasteiger partial charge is 0.507 e. The number of aromatic nitrogens is 8. The molecule has 18 nitrogen and oxygen atoms in total. The number of para-hydroxylation sites is 2. The van der Waals surface area contributed by atoms with Crippen LogP contribution < -0.4 is 4.74 Å². The van der Waals surface area contributed by atoms with Gasteiger partial charge in [-0.1, -0.05) is 105 Å². The summed E-state index contributed by atoms with van der Waals surface area (Å²) in [4.78, 5) is 47.7. The SMILES string of the molecule is C=Nc1ccc(-c2csc([C@H](C)C(Cn3cncn3)(OCOC(=O)c3ccccc3O)c3ccc(F)cc3F)n2)cc1.C[C@@H](c1nc(-c2ccc(C#N)cc2)cs1)C(Cn1cncn1)(OCOC(=O)c1ccccc1OCc1ccccc1)c1ccc(F)cc1F. The molecule has 0 saturated heterocycles. The van der Waals surface area contributed by atoms with E-state index >= 15 is 8.78 Å². The molecule has 91 heavy (non-hydrogen) atoms. The minimum absolute atomic E-state index is 0.00340. The van der Waals surface area contributed by atoms with Crippen LogP contribution >= 0.6 is 22.7 Å². The Labute approximate surface area is 526 Å². The van der Waals surface area contributed by atoms with E-state index in [2.05, 4.69) is 37.9 Å². The molecule has 0 aliphatic heterocycles. The van der Waals surface area contributed by atoms with Crippen molar-refractivity contribution in [3.05, 3.63) is 267 Å². The van der Waals surface area contributed by atoms with Gasteiger partial charge in [-0.3, -0.25) is 4.99 Å². The lowest BCUT2D eigenvalue weighted by molar-refractivity contribution is -0.148. The fourth-order valence-corrected chi connectivity index (χ4v) is 11.9. The Balaban J connectivity index is 0.000000202. The Morgan fingerprint density at radius 2 is 1.12 bits per heavy atom. The average molecular weight is 1270 g/mol. The fraction of sp³-hybridized carbons (Fsp3) is 0.164. The number of nitrogens with zero attached hydrogens (tertiary/aromatic N) is 10. The van der Waals surface area contributed by atoms with Crippen LogP contribution in [-0.2, 0) is 49.8 Å². The third-order valence-corrected chi connectivity index (χ3v) is 16.9. The number of aliphatic imine (C=N–C) groups is 1. The van der Waals surface area contributed by atoms with Crippen LogP contribution in [0.4, 0.5) is 23.2 Å². The van der Waals surface area contributed by atoms with Crippen molar-refractivity contribution in [3.63, 3.8) is 0 Å². The first kappa shape index (κ1) is 63.4. The lowest BCUT2D eigenvalue weighted by Gasteiger charge is -2.38. The first-order chi connectivity index (χ1) is 44.2. The van der Waals surface area contributed by atoms with Crippen LogP contribution in [0.25, 0.3) is 22.5 Å². The maximum atomic E-state index is 15.8. The Morgan fingerprint density at radius 1 is 0.637 bits per heavy atom. The number of ether oxygens (including phenoxy) is 5. The van der Waals surface area contributed by atoms with Gasteiger partial charge in [-0.15, -0.1) is 22.7 Å². The molecule has 7 aromatic carbocycles. The Morgan fingerprint density at radius 3 is 1.60 bits per heavy atom. The van der Waals surface area contributed by atoms with Gasteiger partial charge < -0.3 is 28.8 Å². The summed E-state index contributed by atoms with van der Waals surface area (Å²) in [6, 6.07) is 44.9. The van der Waals surface area contributed by atoms with Crippen molar-refractivity contribution in [3.8, 4) is 40.1 Å². The molecule has 11 aromatic rings. The second-order valence-corrected chi connectivity index (χ2v) is 22.1. The maximum absolute atomic E-state index is 15.8. The van der Waals surface area contributed by atoms with Gasteiger partial charge in [0, 0.05) is 57.0 Å². The predicted molar refractivity (Wildman–Crippen MR) is 330 cm³/mol. The highest BCUT2D eigenvalue weighted by atomic mass is 32.1. The molecule has 460 valence electrons. The number of thiazole rings is 2. The number of aromatic hydroxyl groups is 1. The number of carbonyl (C=O) groups excluding carboxylic acids is 2. The van der Waals surface area contributed by atoms with E-state index in [1.54, 1.807) is 74.5 Å². The summed E-state index contributed by atoms with van der Waals surface area (Å²) in [5, 5.41) is 32.5. The highest BCUT2D eigenvalue weighted by Crippen LogP contribution is 2.47. The number of benzene rings is 7. The van der Waals surface area contributed by atoms with E-state index in [1.807, 2.05) is 65.4 Å². The minimum Gasteiger partial charge on any atom is -0.507 e. The van der Waals surface area contributed by atoms with Crippen molar-refractivity contribution in [2.24, 2.45) is 4.99 Å². The van der Waals surface area contributed by atoms with Crippen LogP contribution in [0.3, 0.4) is 0 Å². The lowest BCUT2D eigenvalue weighted by Crippen LogP contribution is -2.42. The molecule has 11 rings (SSSR count). The van der Waals surface area contributed by atoms with Crippen molar-refractivity contribution >= 4 is 47.0 Å². The van der Waals surface area contributed by atoms with E-state index in [9.17, 15) is 28.7 Å². The number of phenolic OH excluding ortho intramolecular Hbond substituents is 1. The van der Waals surface area contributed by atoms with Gasteiger partial charge in [-0.05, 0) is 72.9 Å². The predicted octanol–water partition coefficient (Wildman–Crippen LogP) is 13.9. The van der Waals surface area contributed by atoms with Crippen molar-refractivity contribution in [1.82, 2.24) is 39.5 Å². The van der Waals surface area contributed by atoms with E-state index in [1.165, 1.54) is 81.6 Å². The van der Waals surface area contributed by atoms with Crippen molar-refractivity contribution < 1.29 is 55.9 Å². The molecule has 0 fully saturated rings. The Bertz CT molecular complexity index is 4310. The molecular weight excluding hydrogens is 1210 g/mol. The molecule has 4 aromatic heterocycles. The average Bonchev–Trinajstić information content (AvgIpc) is 1.77. The number of rotatable bonds is 24. The van der Waals surface area contributed by atoms with Gasteiger partial charge in [0.15, 0.2) is 13.6 Å². The van der Waals surface area contributed by atoms with Crippen molar-refractivity contribution in [2.75, 3.05) is 13.6 Å². The molecule has 4 heterocycles. The molecular formula is C67H54F4N10O8S2. The van der Waals surface area contributed by atoms with E-state index in [4.69, 9.17) is 33.7 Å². The number of nitriles is 1. The first-order valence-electron chi connectivity index (χ1n) is 27.9. The summed E-state index contributed by atoms with van der Waals surface area (Å²) >= 11 is 2.66. The first-order valence-corrected chi connectivity index (χ1v) is 29.6. The Hall–Kier alpha value is -10.6. The summed E-state index contributed by atoms with van der Waals surface area (Å²) in [6.45, 7) is 5.96. The molecule has 4 atom stereocenters. The van der Waals surface area contributed by atoms with Crippen LogP contribution in [0.15, 0.2) is 205 Å². The molecule has 0 radical (unpaired) electrons. The third kappa shape index (κ3) is 15.0. The van der Waals surface area contributed by atoms with Crippen LogP contribution in [-0.4, -0.2) is 76.8 Å². The summed E-state index contributed by atoms with van der Waals surface area (Å²) in [6.07, 6.45) is 5.53. The zero-order valence-electron chi connectivity index (χ0n) is 48.6. The van der Waals surface area contributed by atoms with Crippen LogP contribution in [0.2, 0.25) is 0 Å². The van der Waals surface area contributed by atoms with E-state index in [0.717, 1.165) is 41.0 Å². The quantitative estimate of drug-likeness (QED) is 0.0257. The fourth-order valence-electron chi connectivity index (χ4n) is 9.95. The number of carbonyl (C=O) groups is 2. The minimum atomic E-state index is -1.62. The molecule has 24 heteroatoms. The van der Waals surface area contributed by atoms with Gasteiger partial charge in [-0.2, -0.15) is 15.5 Å². The summed E-state index contributed by atoms with van der Waals surface area (Å²) < 4.78 is 92.1. The molecule has 2 unspecified atom stereocenters. The van der Waals surface area contributed by atoms with E-state index in [0.29, 0.717) is 38.4 Å². The van der Waals surface area contributed by atoms with Gasteiger partial charge in [0.25, 0.3) is 0 Å². The van der Waals surface area contributed by atoms with Crippen LogP contribution in [0, 0.1) is 34.6 Å². The number of phenols is 1. The highest BCUT2D eigenvalue weighted by molar-refractivity contribution is 7.10. The van der Waals surface area contributed by atoms with Crippen molar-refractivity contribution in [1.29, 1.82) is 5.26 Å². The van der Waals surface area contributed by atoms with Crippen LogP contribution in [0.5, 0.6) is 11.5 Å².